The summed E-state index contributed by atoms with van der Waals surface area (Å²) < 4.78 is 0. The molecule has 0 amide bonds. The lowest BCUT2D eigenvalue weighted by molar-refractivity contribution is -0.941. The largest absolute Gasteiger partial charge is 0.508 e. The molecule has 2 heteroatoms. The Hall–Kier alpha value is -1.02. The number of rotatable bonds is 2. The van der Waals surface area contributed by atoms with E-state index in [1.54, 1.807) is 11.0 Å². The molecule has 1 aromatic rings. The van der Waals surface area contributed by atoms with Gasteiger partial charge < -0.3 is 10.0 Å². The summed E-state index contributed by atoms with van der Waals surface area (Å²) in [5.74, 6) is 1.44. The second kappa shape index (κ2) is 4.10. The number of phenolic OH excluding ortho intramolecular Hbond substituents is 1. The van der Waals surface area contributed by atoms with E-state index in [9.17, 15) is 5.11 Å². The number of fused-ring (bicyclic) bond motifs is 3. The first kappa shape index (κ1) is 10.2. The summed E-state index contributed by atoms with van der Waals surface area (Å²) in [4.78, 5) is 1.77. The molecule has 4 rings (SSSR count). The van der Waals surface area contributed by atoms with Crippen LogP contribution in [0.4, 0.5) is 0 Å². The zero-order valence-corrected chi connectivity index (χ0v) is 9.65. The lowest BCUT2D eigenvalue weighted by atomic mass is 9.81. The molecular formula is C14H20NO+. The third kappa shape index (κ3) is 1.82. The Bertz CT molecular complexity index is 369. The number of para-hydroxylation sites is 1. The van der Waals surface area contributed by atoms with Crippen molar-refractivity contribution in [2.24, 2.45) is 5.92 Å². The summed E-state index contributed by atoms with van der Waals surface area (Å²) in [6.07, 6.45) is 5.27. The third-order valence-electron chi connectivity index (χ3n) is 4.40. The Morgan fingerprint density at radius 3 is 2.56 bits per heavy atom. The number of aromatic hydroxyl groups is 1. The van der Waals surface area contributed by atoms with E-state index in [-0.39, 0.29) is 0 Å². The summed E-state index contributed by atoms with van der Waals surface area (Å²) in [6.45, 7) is 2.70. The zero-order chi connectivity index (χ0) is 11.0. The van der Waals surface area contributed by atoms with Crippen LogP contribution in [0.3, 0.4) is 0 Å². The van der Waals surface area contributed by atoms with Crippen LogP contribution in [0.15, 0.2) is 24.3 Å². The molecule has 3 aliphatic rings. The maximum absolute atomic E-state index is 9.80. The topological polar surface area (TPSA) is 24.7 Å². The van der Waals surface area contributed by atoms with Crippen molar-refractivity contribution < 1.29 is 10.0 Å². The molecule has 1 aromatic carbocycles. The van der Waals surface area contributed by atoms with Gasteiger partial charge >= 0.3 is 0 Å². The molecule has 0 spiro atoms. The van der Waals surface area contributed by atoms with Crippen molar-refractivity contribution in [1.29, 1.82) is 0 Å². The fraction of sp³-hybridized carbons (Fsp3) is 0.571. The van der Waals surface area contributed by atoms with E-state index in [0.717, 1.165) is 23.9 Å². The van der Waals surface area contributed by atoms with Gasteiger partial charge in [0.1, 0.15) is 5.75 Å². The molecule has 3 fully saturated rings. The van der Waals surface area contributed by atoms with E-state index in [2.05, 4.69) is 6.07 Å². The monoisotopic (exact) mass is 218 g/mol. The van der Waals surface area contributed by atoms with Gasteiger partial charge in [0.05, 0.1) is 19.1 Å². The molecule has 0 radical (unpaired) electrons. The molecule has 1 atom stereocenters. The number of nitrogens with one attached hydrogen (secondary N) is 1. The lowest BCUT2D eigenvalue weighted by Gasteiger charge is -2.42. The molecule has 86 valence electrons. The van der Waals surface area contributed by atoms with E-state index < -0.39 is 0 Å². The Kier molecular flexibility index (Phi) is 2.60. The van der Waals surface area contributed by atoms with Crippen LogP contribution in [0.2, 0.25) is 0 Å². The maximum atomic E-state index is 9.80. The van der Waals surface area contributed by atoms with Crippen molar-refractivity contribution in [2.75, 3.05) is 13.1 Å². The molecule has 0 aliphatic carbocycles. The molecule has 0 aromatic heterocycles. The highest BCUT2D eigenvalue weighted by atomic mass is 16.3. The fourth-order valence-corrected chi connectivity index (χ4v) is 3.44. The van der Waals surface area contributed by atoms with Crippen molar-refractivity contribution in [3.05, 3.63) is 29.8 Å². The highest BCUT2D eigenvalue weighted by molar-refractivity contribution is 5.32. The van der Waals surface area contributed by atoms with Gasteiger partial charge in [-0.25, -0.2) is 0 Å². The number of phenols is 1. The molecule has 2 nitrogen and oxygen atoms in total. The van der Waals surface area contributed by atoms with Crippen molar-refractivity contribution >= 4 is 0 Å². The van der Waals surface area contributed by atoms with Crippen molar-refractivity contribution in [1.82, 2.24) is 0 Å². The summed E-state index contributed by atoms with van der Waals surface area (Å²) in [5.41, 5.74) is 1.13. The van der Waals surface area contributed by atoms with Crippen LogP contribution in [0.1, 0.15) is 24.8 Å². The SMILES string of the molecule is Oc1ccccc1C[C@H]1CC2CC[NH+]1CC2. The third-order valence-corrected chi connectivity index (χ3v) is 4.40. The first-order valence-corrected chi connectivity index (χ1v) is 6.44. The molecule has 3 aliphatic heterocycles. The Labute approximate surface area is 96.9 Å². The predicted octanol–water partition coefficient (Wildman–Crippen LogP) is 1.00. The minimum atomic E-state index is 0.476. The van der Waals surface area contributed by atoms with Gasteiger partial charge in [-0.15, -0.1) is 0 Å². The lowest BCUT2D eigenvalue weighted by Crippen LogP contribution is -3.18. The molecular weight excluding hydrogens is 198 g/mol. The first-order chi connectivity index (χ1) is 7.83. The Balaban J connectivity index is 1.73. The van der Waals surface area contributed by atoms with Gasteiger partial charge in [-0.1, -0.05) is 18.2 Å². The van der Waals surface area contributed by atoms with Crippen LogP contribution in [0, 0.1) is 5.92 Å². The van der Waals surface area contributed by atoms with Crippen molar-refractivity contribution in [3.8, 4) is 5.75 Å². The minimum absolute atomic E-state index is 0.476. The molecule has 0 saturated carbocycles. The maximum Gasteiger partial charge on any atom is 0.119 e. The van der Waals surface area contributed by atoms with E-state index in [4.69, 9.17) is 0 Å². The average molecular weight is 218 g/mol. The highest BCUT2D eigenvalue weighted by Gasteiger charge is 2.37. The molecule has 3 heterocycles. The van der Waals surface area contributed by atoms with Gasteiger partial charge in [-0.05, 0) is 30.4 Å². The van der Waals surface area contributed by atoms with E-state index in [1.807, 2.05) is 12.1 Å². The average Bonchev–Trinajstić information content (AvgIpc) is 2.34. The van der Waals surface area contributed by atoms with Crippen molar-refractivity contribution in [3.63, 3.8) is 0 Å². The van der Waals surface area contributed by atoms with Gasteiger partial charge in [-0.2, -0.15) is 0 Å². The quantitative estimate of drug-likeness (QED) is 0.760. The second-order valence-electron chi connectivity index (χ2n) is 5.37. The molecule has 2 bridgehead atoms. The van der Waals surface area contributed by atoms with Gasteiger partial charge in [0.2, 0.25) is 0 Å². The second-order valence-corrected chi connectivity index (χ2v) is 5.37. The number of piperidine rings is 3. The van der Waals surface area contributed by atoms with Crippen LogP contribution in [-0.2, 0) is 6.42 Å². The van der Waals surface area contributed by atoms with Crippen LogP contribution < -0.4 is 4.90 Å². The van der Waals surface area contributed by atoms with Gasteiger partial charge in [0, 0.05) is 12.8 Å². The van der Waals surface area contributed by atoms with E-state index >= 15 is 0 Å². The van der Waals surface area contributed by atoms with Crippen LogP contribution >= 0.6 is 0 Å². The highest BCUT2D eigenvalue weighted by Crippen LogP contribution is 2.25. The van der Waals surface area contributed by atoms with Crippen LogP contribution in [-0.4, -0.2) is 24.2 Å². The van der Waals surface area contributed by atoms with Crippen LogP contribution in [0.25, 0.3) is 0 Å². The summed E-state index contributed by atoms with van der Waals surface area (Å²) in [6, 6.07) is 8.56. The summed E-state index contributed by atoms with van der Waals surface area (Å²) >= 11 is 0. The molecule has 16 heavy (non-hydrogen) atoms. The van der Waals surface area contributed by atoms with E-state index in [0.29, 0.717) is 5.75 Å². The Morgan fingerprint density at radius 1 is 1.19 bits per heavy atom. The first-order valence-electron chi connectivity index (χ1n) is 6.44. The Morgan fingerprint density at radius 2 is 1.94 bits per heavy atom. The molecule has 0 unspecified atom stereocenters. The smallest absolute Gasteiger partial charge is 0.119 e. The summed E-state index contributed by atoms with van der Waals surface area (Å²) in [5, 5.41) is 9.80. The zero-order valence-electron chi connectivity index (χ0n) is 9.65. The van der Waals surface area contributed by atoms with Gasteiger partial charge in [0.15, 0.2) is 0 Å². The predicted molar refractivity (Wildman–Crippen MR) is 63.6 cm³/mol. The normalized spacial score (nSPS) is 32.9. The van der Waals surface area contributed by atoms with Crippen molar-refractivity contribution in [2.45, 2.75) is 31.7 Å². The number of quaternary nitrogens is 1. The minimum Gasteiger partial charge on any atom is -0.508 e. The summed E-state index contributed by atoms with van der Waals surface area (Å²) in [7, 11) is 0. The van der Waals surface area contributed by atoms with Crippen LogP contribution in [0.5, 0.6) is 5.75 Å². The molecule has 2 N–H and O–H groups in total. The van der Waals surface area contributed by atoms with Gasteiger partial charge in [0.25, 0.3) is 0 Å². The number of hydrogen-bond donors (Lipinski definition) is 2. The molecule has 3 saturated heterocycles. The standard InChI is InChI=1S/C14H19NO/c16-14-4-2-1-3-12(14)10-13-9-11-5-7-15(13)8-6-11/h1-4,11,13,16H,5-10H2/p+1/t13-/m1/s1. The number of benzene rings is 1. The van der Waals surface area contributed by atoms with Gasteiger partial charge in [-0.3, -0.25) is 0 Å². The van der Waals surface area contributed by atoms with E-state index in [1.165, 1.54) is 32.4 Å². The number of hydrogen-bond acceptors (Lipinski definition) is 1. The fourth-order valence-electron chi connectivity index (χ4n) is 3.44.